The van der Waals surface area contributed by atoms with Gasteiger partial charge in [0.25, 0.3) is 0 Å². The van der Waals surface area contributed by atoms with Crippen molar-refractivity contribution in [2.75, 3.05) is 20.1 Å². The first-order valence-corrected chi connectivity index (χ1v) is 8.00. The zero-order valence-corrected chi connectivity index (χ0v) is 13.3. The number of hydrogen-bond donors (Lipinski definition) is 1. The molecule has 1 atom stereocenters. The van der Waals surface area contributed by atoms with E-state index in [9.17, 15) is 0 Å². The molecular weight excluding hydrogens is 335 g/mol. The number of piperidine rings is 1. The summed E-state index contributed by atoms with van der Waals surface area (Å²) in [7, 11) is 2.05. The molecule has 1 aliphatic rings. The molecule has 0 spiro atoms. The van der Waals surface area contributed by atoms with E-state index in [1.54, 1.807) is 0 Å². The van der Waals surface area contributed by atoms with Gasteiger partial charge in [0.1, 0.15) is 0 Å². The van der Waals surface area contributed by atoms with Crippen LogP contribution in [0.15, 0.2) is 24.3 Å². The van der Waals surface area contributed by atoms with E-state index in [4.69, 9.17) is 0 Å². The lowest BCUT2D eigenvalue weighted by molar-refractivity contribution is 0.132. The SMILES string of the molecule is CNCCC1CCCCN1Cc1ccc(I)cc1. The fourth-order valence-corrected chi connectivity index (χ4v) is 3.09. The summed E-state index contributed by atoms with van der Waals surface area (Å²) in [5, 5.41) is 3.28. The maximum Gasteiger partial charge on any atom is 0.0236 e. The predicted octanol–water partition coefficient (Wildman–Crippen LogP) is 3.26. The van der Waals surface area contributed by atoms with Crippen LogP contribution in [0.3, 0.4) is 0 Å². The summed E-state index contributed by atoms with van der Waals surface area (Å²) in [5.41, 5.74) is 1.45. The molecule has 1 unspecified atom stereocenters. The van der Waals surface area contributed by atoms with Gasteiger partial charge in [-0.2, -0.15) is 0 Å². The van der Waals surface area contributed by atoms with Gasteiger partial charge in [-0.3, -0.25) is 4.90 Å². The van der Waals surface area contributed by atoms with Crippen molar-refractivity contribution in [3.05, 3.63) is 33.4 Å². The minimum Gasteiger partial charge on any atom is -0.320 e. The fourth-order valence-electron chi connectivity index (χ4n) is 2.73. The van der Waals surface area contributed by atoms with Gasteiger partial charge in [-0.15, -0.1) is 0 Å². The summed E-state index contributed by atoms with van der Waals surface area (Å²) >= 11 is 2.37. The Kier molecular flexibility index (Phi) is 5.92. The van der Waals surface area contributed by atoms with E-state index >= 15 is 0 Å². The van der Waals surface area contributed by atoms with Gasteiger partial charge in [0.2, 0.25) is 0 Å². The lowest BCUT2D eigenvalue weighted by Gasteiger charge is -2.36. The van der Waals surface area contributed by atoms with Crippen LogP contribution >= 0.6 is 22.6 Å². The molecular formula is C15H23IN2. The normalized spacial score (nSPS) is 21.1. The summed E-state index contributed by atoms with van der Waals surface area (Å²) in [4.78, 5) is 2.67. The predicted molar refractivity (Wildman–Crippen MR) is 85.8 cm³/mol. The number of rotatable bonds is 5. The summed E-state index contributed by atoms with van der Waals surface area (Å²) in [6, 6.07) is 9.73. The molecule has 0 aliphatic carbocycles. The molecule has 2 nitrogen and oxygen atoms in total. The summed E-state index contributed by atoms with van der Waals surface area (Å²) < 4.78 is 1.32. The van der Waals surface area contributed by atoms with E-state index in [2.05, 4.69) is 57.1 Å². The number of benzene rings is 1. The standard InChI is InChI=1S/C15H23IN2/c1-17-10-9-15-4-2-3-11-18(15)12-13-5-7-14(16)8-6-13/h5-8,15,17H,2-4,9-12H2,1H3. The molecule has 0 radical (unpaired) electrons. The zero-order valence-electron chi connectivity index (χ0n) is 11.2. The Balaban J connectivity index is 1.94. The van der Waals surface area contributed by atoms with E-state index < -0.39 is 0 Å². The monoisotopic (exact) mass is 358 g/mol. The van der Waals surface area contributed by atoms with Gasteiger partial charge in [-0.1, -0.05) is 18.6 Å². The third-order valence-electron chi connectivity index (χ3n) is 3.78. The first kappa shape index (κ1) is 14.3. The lowest BCUT2D eigenvalue weighted by atomic mass is 9.98. The van der Waals surface area contributed by atoms with E-state index in [0.29, 0.717) is 0 Å². The molecule has 18 heavy (non-hydrogen) atoms. The molecule has 1 saturated heterocycles. The van der Waals surface area contributed by atoms with Crippen LogP contribution in [-0.4, -0.2) is 31.1 Å². The average molecular weight is 358 g/mol. The van der Waals surface area contributed by atoms with Crippen molar-refractivity contribution >= 4 is 22.6 Å². The first-order chi connectivity index (χ1) is 8.79. The van der Waals surface area contributed by atoms with Crippen molar-refractivity contribution in [3.63, 3.8) is 0 Å². The van der Waals surface area contributed by atoms with Crippen molar-refractivity contribution in [3.8, 4) is 0 Å². The number of likely N-dealkylation sites (tertiary alicyclic amines) is 1. The van der Waals surface area contributed by atoms with Gasteiger partial charge in [-0.25, -0.2) is 0 Å². The molecule has 100 valence electrons. The molecule has 1 aromatic rings. The van der Waals surface area contributed by atoms with Crippen molar-refractivity contribution in [2.45, 2.75) is 38.3 Å². The van der Waals surface area contributed by atoms with E-state index in [0.717, 1.165) is 19.1 Å². The number of nitrogens with zero attached hydrogens (tertiary/aromatic N) is 1. The third kappa shape index (κ3) is 4.21. The molecule has 0 amide bonds. The van der Waals surface area contributed by atoms with Crippen molar-refractivity contribution in [1.82, 2.24) is 10.2 Å². The Morgan fingerprint density at radius 1 is 1.28 bits per heavy atom. The second-order valence-electron chi connectivity index (χ2n) is 5.14. The van der Waals surface area contributed by atoms with Crippen molar-refractivity contribution in [1.29, 1.82) is 0 Å². The van der Waals surface area contributed by atoms with Crippen LogP contribution in [0.4, 0.5) is 0 Å². The van der Waals surface area contributed by atoms with Gasteiger partial charge in [0, 0.05) is 16.2 Å². The Morgan fingerprint density at radius 2 is 2.06 bits per heavy atom. The number of halogens is 1. The minimum absolute atomic E-state index is 0.769. The summed E-state index contributed by atoms with van der Waals surface area (Å²) in [6.45, 7) is 3.51. The van der Waals surface area contributed by atoms with Crippen molar-refractivity contribution < 1.29 is 0 Å². The van der Waals surface area contributed by atoms with Gasteiger partial charge < -0.3 is 5.32 Å². The Labute approximate surface area is 124 Å². The second kappa shape index (κ2) is 7.46. The minimum atomic E-state index is 0.769. The highest BCUT2D eigenvalue weighted by Crippen LogP contribution is 2.22. The quantitative estimate of drug-likeness (QED) is 0.813. The molecule has 1 aliphatic heterocycles. The van der Waals surface area contributed by atoms with Crippen molar-refractivity contribution in [2.24, 2.45) is 0 Å². The van der Waals surface area contributed by atoms with Gasteiger partial charge in [0.05, 0.1) is 0 Å². The molecule has 1 aromatic carbocycles. The maximum atomic E-state index is 3.28. The van der Waals surface area contributed by atoms with Crippen LogP contribution in [0, 0.1) is 3.57 Å². The molecule has 0 aromatic heterocycles. The van der Waals surface area contributed by atoms with Gasteiger partial charge >= 0.3 is 0 Å². The highest BCUT2D eigenvalue weighted by molar-refractivity contribution is 14.1. The maximum absolute atomic E-state index is 3.28. The highest BCUT2D eigenvalue weighted by atomic mass is 127. The molecule has 0 bridgehead atoms. The Morgan fingerprint density at radius 3 is 2.78 bits per heavy atom. The largest absolute Gasteiger partial charge is 0.320 e. The second-order valence-corrected chi connectivity index (χ2v) is 6.38. The van der Waals surface area contributed by atoms with E-state index in [1.807, 2.05) is 7.05 Å². The number of hydrogen-bond acceptors (Lipinski definition) is 2. The lowest BCUT2D eigenvalue weighted by Crippen LogP contribution is -2.40. The Bertz CT molecular complexity index is 350. The molecule has 3 heteroatoms. The number of nitrogens with one attached hydrogen (secondary N) is 1. The first-order valence-electron chi connectivity index (χ1n) is 6.92. The topological polar surface area (TPSA) is 15.3 Å². The van der Waals surface area contributed by atoms with Crippen LogP contribution in [0.25, 0.3) is 0 Å². The third-order valence-corrected chi connectivity index (χ3v) is 4.49. The highest BCUT2D eigenvalue weighted by Gasteiger charge is 2.21. The molecule has 1 heterocycles. The van der Waals surface area contributed by atoms with Crippen LogP contribution in [0.2, 0.25) is 0 Å². The molecule has 0 saturated carbocycles. The average Bonchev–Trinajstić information content (AvgIpc) is 2.40. The van der Waals surface area contributed by atoms with Crippen LogP contribution in [0.1, 0.15) is 31.2 Å². The summed E-state index contributed by atoms with van der Waals surface area (Å²) in [6.07, 6.45) is 5.41. The van der Waals surface area contributed by atoms with E-state index in [1.165, 1.54) is 41.4 Å². The van der Waals surface area contributed by atoms with Crippen LogP contribution < -0.4 is 5.32 Å². The van der Waals surface area contributed by atoms with E-state index in [-0.39, 0.29) is 0 Å². The Hall–Kier alpha value is -0.130. The van der Waals surface area contributed by atoms with Gasteiger partial charge in [0.15, 0.2) is 0 Å². The van der Waals surface area contributed by atoms with Gasteiger partial charge in [-0.05, 0) is 79.7 Å². The fraction of sp³-hybridized carbons (Fsp3) is 0.600. The molecule has 1 N–H and O–H groups in total. The van der Waals surface area contributed by atoms with Crippen LogP contribution in [-0.2, 0) is 6.54 Å². The smallest absolute Gasteiger partial charge is 0.0236 e. The molecule has 1 fully saturated rings. The molecule has 2 rings (SSSR count). The zero-order chi connectivity index (χ0) is 12.8. The summed E-state index contributed by atoms with van der Waals surface area (Å²) in [5.74, 6) is 0. The van der Waals surface area contributed by atoms with Crippen LogP contribution in [0.5, 0.6) is 0 Å².